The van der Waals surface area contributed by atoms with Crippen LogP contribution in [0.4, 0.5) is 11.6 Å². The van der Waals surface area contributed by atoms with Crippen molar-refractivity contribution in [1.82, 2.24) is 9.97 Å². The number of nitrogens with zero attached hydrogens (tertiary/aromatic N) is 2. The van der Waals surface area contributed by atoms with Crippen molar-refractivity contribution in [3.05, 3.63) is 35.5 Å². The van der Waals surface area contributed by atoms with Gasteiger partial charge in [-0.3, -0.25) is 0 Å². The molecule has 21 heavy (non-hydrogen) atoms. The smallest absolute Gasteiger partial charge is 0.136 e. The fourth-order valence-corrected chi connectivity index (χ4v) is 2.33. The van der Waals surface area contributed by atoms with Crippen molar-refractivity contribution in [1.29, 1.82) is 0 Å². The fourth-order valence-electron chi connectivity index (χ4n) is 2.33. The number of hydrogen-bond donors (Lipinski definition) is 2. The van der Waals surface area contributed by atoms with Crippen LogP contribution in [0.1, 0.15) is 42.8 Å². The summed E-state index contributed by atoms with van der Waals surface area (Å²) in [4.78, 5) is 9.37. The van der Waals surface area contributed by atoms with E-state index in [1.807, 2.05) is 12.1 Å². The molecule has 0 atom stereocenters. The first-order chi connectivity index (χ1) is 10.3. The summed E-state index contributed by atoms with van der Waals surface area (Å²) in [5.74, 6) is 4.40. The lowest BCUT2D eigenvalue weighted by atomic mass is 10.2. The second-order valence-corrected chi connectivity index (χ2v) is 5.46. The van der Waals surface area contributed by atoms with Crippen LogP contribution in [0.3, 0.4) is 0 Å². The molecular formula is C16H22N4O. The van der Waals surface area contributed by atoms with Gasteiger partial charge in [-0.05, 0) is 38.8 Å². The molecule has 0 amide bonds. The molecule has 0 unspecified atom stereocenters. The third-order valence-corrected chi connectivity index (χ3v) is 3.69. The third-order valence-electron chi connectivity index (χ3n) is 3.69. The molecular weight excluding hydrogens is 264 g/mol. The Labute approximate surface area is 125 Å². The summed E-state index contributed by atoms with van der Waals surface area (Å²) in [5, 5.41) is 6.76. The Morgan fingerprint density at radius 3 is 2.62 bits per heavy atom. The molecule has 2 aromatic rings. The lowest BCUT2D eigenvalue weighted by Crippen LogP contribution is -2.12. The Balaban J connectivity index is 1.72. The van der Waals surface area contributed by atoms with Gasteiger partial charge < -0.3 is 15.1 Å². The van der Waals surface area contributed by atoms with Crippen molar-refractivity contribution in [2.75, 3.05) is 23.7 Å². The van der Waals surface area contributed by atoms with E-state index in [4.69, 9.17) is 9.40 Å². The van der Waals surface area contributed by atoms with Crippen LogP contribution in [0.2, 0.25) is 0 Å². The zero-order valence-electron chi connectivity index (χ0n) is 12.6. The zero-order chi connectivity index (χ0) is 14.7. The van der Waals surface area contributed by atoms with Crippen molar-refractivity contribution in [2.45, 2.75) is 39.0 Å². The molecule has 2 aromatic heterocycles. The van der Waals surface area contributed by atoms with Gasteiger partial charge in [-0.25, -0.2) is 9.97 Å². The van der Waals surface area contributed by atoms with Crippen LogP contribution in [-0.2, 0) is 6.42 Å². The lowest BCUT2D eigenvalue weighted by Gasteiger charge is -2.14. The van der Waals surface area contributed by atoms with Crippen LogP contribution in [0.25, 0.3) is 0 Å². The van der Waals surface area contributed by atoms with E-state index in [-0.39, 0.29) is 0 Å². The maximum atomic E-state index is 5.35. The summed E-state index contributed by atoms with van der Waals surface area (Å²) in [6.45, 7) is 5.82. The highest BCUT2D eigenvalue weighted by Crippen LogP contribution is 2.39. The molecule has 0 radical (unpaired) electrons. The maximum absolute atomic E-state index is 5.35. The number of rotatable bonds is 7. The highest BCUT2D eigenvalue weighted by atomic mass is 16.3. The van der Waals surface area contributed by atoms with E-state index >= 15 is 0 Å². The van der Waals surface area contributed by atoms with E-state index in [0.29, 0.717) is 5.92 Å². The molecule has 0 spiro atoms. The summed E-state index contributed by atoms with van der Waals surface area (Å²) in [5.41, 5.74) is 1.08. The van der Waals surface area contributed by atoms with Crippen molar-refractivity contribution in [3.63, 3.8) is 0 Å². The second kappa shape index (κ2) is 6.16. The van der Waals surface area contributed by atoms with E-state index in [1.165, 1.54) is 12.8 Å². The van der Waals surface area contributed by atoms with Gasteiger partial charge in [0, 0.05) is 31.0 Å². The Morgan fingerprint density at radius 1 is 1.24 bits per heavy atom. The topological polar surface area (TPSA) is 63.0 Å². The largest absolute Gasteiger partial charge is 0.469 e. The molecule has 0 aliphatic heterocycles. The van der Waals surface area contributed by atoms with Crippen LogP contribution in [0.5, 0.6) is 0 Å². The van der Waals surface area contributed by atoms with Gasteiger partial charge in [0.15, 0.2) is 0 Å². The summed E-state index contributed by atoms with van der Waals surface area (Å²) in [6.07, 6.45) is 4.98. The summed E-state index contributed by atoms with van der Waals surface area (Å²) in [7, 11) is 0. The van der Waals surface area contributed by atoms with Crippen LogP contribution in [-0.4, -0.2) is 23.1 Å². The Bertz CT molecular complexity index is 591. The van der Waals surface area contributed by atoms with Crippen LogP contribution in [0.15, 0.2) is 22.8 Å². The van der Waals surface area contributed by atoms with Crippen molar-refractivity contribution < 1.29 is 4.42 Å². The number of anilines is 2. The molecule has 3 rings (SSSR count). The number of furan rings is 1. The molecule has 1 aliphatic rings. The van der Waals surface area contributed by atoms with Crippen molar-refractivity contribution >= 4 is 11.6 Å². The number of nitrogens with one attached hydrogen (secondary N) is 2. The summed E-state index contributed by atoms with van der Waals surface area (Å²) < 4.78 is 5.35. The predicted octanol–water partition coefficient (Wildman–Crippen LogP) is 3.34. The lowest BCUT2D eigenvalue weighted by molar-refractivity contribution is 0.513. The first kappa shape index (κ1) is 13.9. The van der Waals surface area contributed by atoms with Crippen LogP contribution in [0, 0.1) is 6.92 Å². The van der Waals surface area contributed by atoms with Gasteiger partial charge in [0.1, 0.15) is 23.2 Å². The predicted molar refractivity (Wildman–Crippen MR) is 83.8 cm³/mol. The fraction of sp³-hybridized carbons (Fsp3) is 0.500. The molecule has 1 aliphatic carbocycles. The van der Waals surface area contributed by atoms with E-state index in [1.54, 1.807) is 6.26 Å². The molecule has 2 heterocycles. The number of hydrogen-bond acceptors (Lipinski definition) is 5. The molecule has 2 N–H and O–H groups in total. The van der Waals surface area contributed by atoms with Gasteiger partial charge in [-0.15, -0.1) is 0 Å². The molecule has 0 bridgehead atoms. The maximum Gasteiger partial charge on any atom is 0.136 e. The second-order valence-electron chi connectivity index (χ2n) is 5.46. The van der Waals surface area contributed by atoms with E-state index in [2.05, 4.69) is 29.5 Å². The van der Waals surface area contributed by atoms with Gasteiger partial charge in [0.2, 0.25) is 0 Å². The summed E-state index contributed by atoms with van der Waals surface area (Å²) >= 11 is 0. The zero-order valence-corrected chi connectivity index (χ0v) is 12.6. The van der Waals surface area contributed by atoms with Gasteiger partial charge in [-0.2, -0.15) is 0 Å². The minimum atomic E-state index is 0.550. The Morgan fingerprint density at radius 2 is 2.00 bits per heavy atom. The van der Waals surface area contributed by atoms with Gasteiger partial charge in [0.25, 0.3) is 0 Å². The molecule has 0 aromatic carbocycles. The van der Waals surface area contributed by atoms with Gasteiger partial charge >= 0.3 is 0 Å². The first-order valence-electron chi connectivity index (χ1n) is 7.66. The summed E-state index contributed by atoms with van der Waals surface area (Å²) in [6, 6.07) is 3.91. The van der Waals surface area contributed by atoms with Gasteiger partial charge in [-0.1, -0.05) is 0 Å². The Hall–Kier alpha value is -2.04. The molecule has 1 saturated carbocycles. The molecule has 5 nitrogen and oxygen atoms in total. The average molecular weight is 286 g/mol. The Kier molecular flexibility index (Phi) is 4.08. The molecule has 5 heteroatoms. The third kappa shape index (κ3) is 3.35. The molecule has 0 saturated heterocycles. The van der Waals surface area contributed by atoms with Crippen LogP contribution < -0.4 is 10.6 Å². The molecule has 1 fully saturated rings. The number of aromatic nitrogens is 2. The standard InChI is InChI=1S/C16H22N4O/c1-3-17-14-11(2)15(20-16(19-14)12-6-7-12)18-9-8-13-5-4-10-21-13/h4-5,10,12H,3,6-9H2,1-2H3,(H2,17,18,19,20). The van der Waals surface area contributed by atoms with Crippen molar-refractivity contribution in [3.8, 4) is 0 Å². The SMILES string of the molecule is CCNc1nc(C2CC2)nc(NCCc2ccco2)c1C. The van der Waals surface area contributed by atoms with Gasteiger partial charge in [0.05, 0.1) is 6.26 Å². The van der Waals surface area contributed by atoms with Crippen LogP contribution >= 0.6 is 0 Å². The highest BCUT2D eigenvalue weighted by Gasteiger charge is 2.28. The first-order valence-corrected chi connectivity index (χ1v) is 7.66. The monoisotopic (exact) mass is 286 g/mol. The average Bonchev–Trinajstić information content (AvgIpc) is 3.20. The normalized spacial score (nSPS) is 14.2. The highest BCUT2D eigenvalue weighted by molar-refractivity contribution is 5.57. The van der Waals surface area contributed by atoms with E-state index in [9.17, 15) is 0 Å². The quantitative estimate of drug-likeness (QED) is 0.817. The van der Waals surface area contributed by atoms with Crippen molar-refractivity contribution in [2.24, 2.45) is 0 Å². The minimum absolute atomic E-state index is 0.550. The molecule has 112 valence electrons. The minimum Gasteiger partial charge on any atom is -0.469 e. The van der Waals surface area contributed by atoms with E-state index < -0.39 is 0 Å². The van der Waals surface area contributed by atoms with E-state index in [0.717, 1.165) is 48.3 Å².